The zero-order valence-electron chi connectivity index (χ0n) is 15.4. The van der Waals surface area contributed by atoms with Crippen LogP contribution in [-0.4, -0.2) is 20.6 Å². The van der Waals surface area contributed by atoms with Gasteiger partial charge in [0.25, 0.3) is 5.56 Å². The summed E-state index contributed by atoms with van der Waals surface area (Å²) >= 11 is 0. The first kappa shape index (κ1) is 19.2. The Morgan fingerprint density at radius 3 is 2.50 bits per heavy atom. The zero-order valence-corrected chi connectivity index (χ0v) is 15.4. The van der Waals surface area contributed by atoms with Crippen molar-refractivity contribution in [1.29, 1.82) is 0 Å². The average molecular weight is 404 g/mol. The lowest BCUT2D eigenvalue weighted by molar-refractivity contribution is 0.0697. The highest BCUT2D eigenvalue weighted by Gasteiger charge is 2.13. The van der Waals surface area contributed by atoms with E-state index in [-0.39, 0.29) is 16.9 Å². The zero-order chi connectivity index (χ0) is 21.3. The maximum absolute atomic E-state index is 13.5. The second kappa shape index (κ2) is 7.71. The molecule has 0 amide bonds. The maximum Gasteiger partial charge on any atom is 0.335 e. The van der Waals surface area contributed by atoms with Gasteiger partial charge in [-0.3, -0.25) is 9.36 Å². The fourth-order valence-electron chi connectivity index (χ4n) is 3.08. The number of para-hydroxylation sites is 1. The van der Waals surface area contributed by atoms with E-state index in [0.717, 1.165) is 12.1 Å². The van der Waals surface area contributed by atoms with E-state index in [1.807, 2.05) is 0 Å². The second-order valence-corrected chi connectivity index (χ2v) is 6.49. The molecule has 148 valence electrons. The van der Waals surface area contributed by atoms with E-state index in [1.54, 1.807) is 30.3 Å². The van der Waals surface area contributed by atoms with E-state index < -0.39 is 17.6 Å². The van der Waals surface area contributed by atoms with Gasteiger partial charge in [-0.2, -0.15) is 0 Å². The van der Waals surface area contributed by atoms with Crippen LogP contribution in [0.25, 0.3) is 28.7 Å². The van der Waals surface area contributed by atoms with E-state index >= 15 is 0 Å². The number of carbonyl (C=O) groups is 1. The van der Waals surface area contributed by atoms with E-state index in [9.17, 15) is 23.5 Å². The van der Waals surface area contributed by atoms with Crippen molar-refractivity contribution in [2.24, 2.45) is 0 Å². The molecule has 0 saturated heterocycles. The van der Waals surface area contributed by atoms with Gasteiger partial charge in [-0.1, -0.05) is 30.3 Å². The summed E-state index contributed by atoms with van der Waals surface area (Å²) < 4.78 is 28.0. The molecule has 0 atom stereocenters. The van der Waals surface area contributed by atoms with Crippen LogP contribution in [0.3, 0.4) is 0 Å². The third-order valence-corrected chi connectivity index (χ3v) is 4.52. The van der Waals surface area contributed by atoms with Crippen LogP contribution in [-0.2, 0) is 0 Å². The summed E-state index contributed by atoms with van der Waals surface area (Å²) in [6.45, 7) is 0. The van der Waals surface area contributed by atoms with Gasteiger partial charge in [-0.25, -0.2) is 18.6 Å². The van der Waals surface area contributed by atoms with Crippen molar-refractivity contribution < 1.29 is 18.7 Å². The molecule has 0 spiro atoms. The Morgan fingerprint density at radius 1 is 0.933 bits per heavy atom. The van der Waals surface area contributed by atoms with Crippen molar-refractivity contribution in [3.05, 3.63) is 106 Å². The van der Waals surface area contributed by atoms with Crippen LogP contribution in [0.5, 0.6) is 0 Å². The van der Waals surface area contributed by atoms with Gasteiger partial charge >= 0.3 is 5.97 Å². The van der Waals surface area contributed by atoms with Crippen LogP contribution in [0.1, 0.15) is 21.7 Å². The smallest absolute Gasteiger partial charge is 0.335 e. The minimum absolute atomic E-state index is 0.0168. The molecule has 0 aliphatic carbocycles. The molecule has 0 radical (unpaired) electrons. The van der Waals surface area contributed by atoms with Crippen molar-refractivity contribution in [3.8, 4) is 5.69 Å². The predicted molar refractivity (Wildman–Crippen MR) is 110 cm³/mol. The SMILES string of the molecule is O=C(O)c1cccc(-n2c(/C=C/c3ccc(F)c(F)c3)nc3ccccc3c2=O)c1. The molecule has 7 heteroatoms. The second-order valence-electron chi connectivity index (χ2n) is 6.49. The number of rotatable bonds is 4. The van der Waals surface area contributed by atoms with E-state index in [2.05, 4.69) is 4.98 Å². The lowest BCUT2D eigenvalue weighted by Crippen LogP contribution is -2.22. The minimum Gasteiger partial charge on any atom is -0.478 e. The molecule has 0 saturated carbocycles. The molecule has 1 N–H and O–H groups in total. The maximum atomic E-state index is 13.5. The van der Waals surface area contributed by atoms with Crippen LogP contribution < -0.4 is 5.56 Å². The van der Waals surface area contributed by atoms with Gasteiger partial charge < -0.3 is 5.11 Å². The highest BCUT2D eigenvalue weighted by molar-refractivity contribution is 5.88. The Balaban J connectivity index is 1.93. The summed E-state index contributed by atoms with van der Waals surface area (Å²) in [4.78, 5) is 29.0. The number of carboxylic acid groups (broad SMARTS) is 1. The summed E-state index contributed by atoms with van der Waals surface area (Å²) in [6.07, 6.45) is 2.99. The molecule has 5 nitrogen and oxygen atoms in total. The van der Waals surface area contributed by atoms with Crippen molar-refractivity contribution >= 4 is 29.0 Å². The molecule has 0 bridgehead atoms. The van der Waals surface area contributed by atoms with Gasteiger partial charge in [0.1, 0.15) is 5.82 Å². The van der Waals surface area contributed by atoms with Gasteiger partial charge in [-0.05, 0) is 54.1 Å². The average Bonchev–Trinajstić information content (AvgIpc) is 2.75. The highest BCUT2D eigenvalue weighted by Crippen LogP contribution is 2.17. The monoisotopic (exact) mass is 404 g/mol. The van der Waals surface area contributed by atoms with Crippen LogP contribution >= 0.6 is 0 Å². The summed E-state index contributed by atoms with van der Waals surface area (Å²) in [5, 5.41) is 9.65. The molecule has 30 heavy (non-hydrogen) atoms. The van der Waals surface area contributed by atoms with Crippen molar-refractivity contribution in [3.63, 3.8) is 0 Å². The number of carboxylic acids is 1. The quantitative estimate of drug-likeness (QED) is 0.542. The summed E-state index contributed by atoms with van der Waals surface area (Å²) in [7, 11) is 0. The Kier molecular flexibility index (Phi) is 4.93. The molecule has 4 aromatic rings. The van der Waals surface area contributed by atoms with Crippen molar-refractivity contribution in [1.82, 2.24) is 9.55 Å². The molecule has 4 rings (SSSR count). The molecule has 0 fully saturated rings. The molecule has 0 unspecified atom stereocenters. The number of fused-ring (bicyclic) bond motifs is 1. The first-order valence-corrected chi connectivity index (χ1v) is 8.93. The minimum atomic E-state index is -1.13. The lowest BCUT2D eigenvalue weighted by Gasteiger charge is -2.12. The third kappa shape index (κ3) is 3.60. The molecular formula is C23H14F2N2O3. The van der Waals surface area contributed by atoms with E-state index in [1.165, 1.54) is 41.0 Å². The Morgan fingerprint density at radius 2 is 1.73 bits per heavy atom. The predicted octanol–water partition coefficient (Wildman–Crippen LogP) is 4.53. The summed E-state index contributed by atoms with van der Waals surface area (Å²) in [5.74, 6) is -2.86. The molecule has 3 aromatic carbocycles. The summed E-state index contributed by atoms with van der Waals surface area (Å²) in [6, 6.07) is 16.1. The van der Waals surface area contributed by atoms with Crippen LogP contribution in [0, 0.1) is 11.6 Å². The first-order valence-electron chi connectivity index (χ1n) is 8.93. The number of halogens is 2. The Hall–Kier alpha value is -4.13. The third-order valence-electron chi connectivity index (χ3n) is 4.52. The summed E-state index contributed by atoms with van der Waals surface area (Å²) in [5.41, 5.74) is 0.791. The lowest BCUT2D eigenvalue weighted by atomic mass is 10.1. The number of nitrogens with zero attached hydrogens (tertiary/aromatic N) is 2. The molecule has 0 aliphatic heterocycles. The molecular weight excluding hydrogens is 390 g/mol. The van der Waals surface area contributed by atoms with E-state index in [4.69, 9.17) is 0 Å². The normalized spacial score (nSPS) is 11.3. The number of aromatic carboxylic acids is 1. The largest absolute Gasteiger partial charge is 0.478 e. The highest BCUT2D eigenvalue weighted by atomic mass is 19.2. The fourth-order valence-corrected chi connectivity index (χ4v) is 3.08. The standard InChI is InChI=1S/C23H14F2N2O3/c24-18-10-8-14(12-19(18)25)9-11-21-26-20-7-2-1-6-17(20)22(28)27(21)16-5-3-4-15(13-16)23(29)30/h1-13H,(H,29,30)/b11-9+. The Labute approximate surface area is 169 Å². The van der Waals surface area contributed by atoms with Crippen molar-refractivity contribution in [2.75, 3.05) is 0 Å². The van der Waals surface area contributed by atoms with E-state index in [0.29, 0.717) is 22.2 Å². The molecule has 1 heterocycles. The van der Waals surface area contributed by atoms with Gasteiger partial charge in [0.05, 0.1) is 22.2 Å². The van der Waals surface area contributed by atoms with Crippen LogP contribution in [0.2, 0.25) is 0 Å². The van der Waals surface area contributed by atoms with Gasteiger partial charge in [0.2, 0.25) is 0 Å². The van der Waals surface area contributed by atoms with Crippen LogP contribution in [0.4, 0.5) is 8.78 Å². The number of benzene rings is 3. The molecule has 1 aromatic heterocycles. The van der Waals surface area contributed by atoms with Gasteiger partial charge in [0.15, 0.2) is 11.6 Å². The Bertz CT molecular complexity index is 1380. The number of hydrogen-bond donors (Lipinski definition) is 1. The molecule has 0 aliphatic rings. The first-order chi connectivity index (χ1) is 14.4. The van der Waals surface area contributed by atoms with Gasteiger partial charge in [0, 0.05) is 0 Å². The van der Waals surface area contributed by atoms with Crippen molar-refractivity contribution in [2.45, 2.75) is 0 Å². The number of aromatic nitrogens is 2. The van der Waals surface area contributed by atoms with Gasteiger partial charge in [-0.15, -0.1) is 0 Å². The topological polar surface area (TPSA) is 72.2 Å². The fraction of sp³-hybridized carbons (Fsp3) is 0. The van der Waals surface area contributed by atoms with Crippen LogP contribution in [0.15, 0.2) is 71.5 Å². The number of hydrogen-bond acceptors (Lipinski definition) is 3.